The minimum absolute atomic E-state index is 0.0490. The molecule has 0 fully saturated rings. The monoisotopic (exact) mass is 379 g/mol. The Hall–Kier alpha value is -2.94. The molecule has 3 heterocycles. The van der Waals surface area contributed by atoms with E-state index < -0.39 is 11.7 Å². The highest BCUT2D eigenvalue weighted by molar-refractivity contribution is 6.32. The predicted molar refractivity (Wildman–Crippen MR) is 87.3 cm³/mol. The van der Waals surface area contributed by atoms with Crippen LogP contribution in [-0.2, 0) is 12.6 Å². The smallest absolute Gasteiger partial charge is 0.348 e. The molecule has 0 spiro atoms. The van der Waals surface area contributed by atoms with Gasteiger partial charge in [-0.15, -0.1) is 0 Å². The molecule has 0 atom stereocenters. The molecular formula is C16H9ClF3N5O. The molecule has 1 N–H and O–H groups in total. The van der Waals surface area contributed by atoms with Crippen LogP contribution in [0.25, 0.3) is 16.7 Å². The molecule has 1 aromatic carbocycles. The average Bonchev–Trinajstić information content (AvgIpc) is 3.22. The van der Waals surface area contributed by atoms with Crippen LogP contribution in [0.4, 0.5) is 13.2 Å². The molecule has 6 nitrogen and oxygen atoms in total. The second-order valence-electron chi connectivity index (χ2n) is 5.54. The van der Waals surface area contributed by atoms with E-state index in [0.29, 0.717) is 23.3 Å². The third kappa shape index (κ3) is 2.60. The van der Waals surface area contributed by atoms with Gasteiger partial charge in [0, 0.05) is 18.8 Å². The van der Waals surface area contributed by atoms with Crippen LogP contribution in [-0.4, -0.2) is 30.6 Å². The molecule has 0 amide bonds. The zero-order chi connectivity index (χ0) is 18.5. The van der Waals surface area contributed by atoms with E-state index in [9.17, 15) is 18.0 Å². The Bertz CT molecular complexity index is 1130. The molecule has 0 aliphatic heterocycles. The summed E-state index contributed by atoms with van der Waals surface area (Å²) in [6.45, 7) is 0. The van der Waals surface area contributed by atoms with Gasteiger partial charge in [-0.2, -0.15) is 13.2 Å². The second kappa shape index (κ2) is 5.80. The Morgan fingerprint density at radius 1 is 1.27 bits per heavy atom. The second-order valence-corrected chi connectivity index (χ2v) is 5.90. The van der Waals surface area contributed by atoms with Gasteiger partial charge in [0.15, 0.2) is 17.1 Å². The van der Waals surface area contributed by atoms with Crippen LogP contribution in [0, 0.1) is 0 Å². The first-order chi connectivity index (χ1) is 12.4. The standard InChI is InChI=1S/C16H9ClF3N5O/c17-14-15-24-10(7-26)12(6-13-21-3-4-22-13)25(15)11-2-1-8(16(18,19)20)5-9(11)23-14/h1-5,7H,6H2,(H,21,22). The van der Waals surface area contributed by atoms with E-state index >= 15 is 0 Å². The van der Waals surface area contributed by atoms with Crippen molar-refractivity contribution in [1.29, 1.82) is 0 Å². The SMILES string of the molecule is O=Cc1nc2c(Cl)nc3cc(C(F)(F)F)ccc3n2c1Cc1ncc[nH]1. The minimum atomic E-state index is -4.50. The fourth-order valence-corrected chi connectivity index (χ4v) is 3.04. The summed E-state index contributed by atoms with van der Waals surface area (Å²) in [5.41, 5.74) is 0.350. The Kier molecular flexibility index (Phi) is 3.69. The fourth-order valence-electron chi connectivity index (χ4n) is 2.82. The maximum absolute atomic E-state index is 13.0. The van der Waals surface area contributed by atoms with E-state index in [0.717, 1.165) is 12.1 Å². The van der Waals surface area contributed by atoms with Gasteiger partial charge in [0.2, 0.25) is 0 Å². The van der Waals surface area contributed by atoms with Crippen molar-refractivity contribution in [2.45, 2.75) is 12.6 Å². The number of carbonyl (C=O) groups excluding carboxylic acids is 1. The lowest BCUT2D eigenvalue weighted by molar-refractivity contribution is -0.137. The lowest BCUT2D eigenvalue weighted by Crippen LogP contribution is -2.06. The van der Waals surface area contributed by atoms with Crippen molar-refractivity contribution in [3.05, 3.63) is 58.5 Å². The van der Waals surface area contributed by atoms with Gasteiger partial charge in [-0.1, -0.05) is 11.6 Å². The maximum atomic E-state index is 13.0. The first kappa shape index (κ1) is 16.5. The summed E-state index contributed by atoms with van der Waals surface area (Å²) in [4.78, 5) is 26.6. The average molecular weight is 380 g/mol. The molecule has 132 valence electrons. The summed E-state index contributed by atoms with van der Waals surface area (Å²) in [5, 5.41) is -0.0920. The Labute approximate surface area is 148 Å². The summed E-state index contributed by atoms with van der Waals surface area (Å²) in [6.07, 6.45) is -0.532. The molecule has 26 heavy (non-hydrogen) atoms. The highest BCUT2D eigenvalue weighted by Gasteiger charge is 2.31. The molecular weight excluding hydrogens is 371 g/mol. The van der Waals surface area contributed by atoms with Crippen LogP contribution in [0.15, 0.2) is 30.6 Å². The molecule has 0 unspecified atom stereocenters. The number of nitrogens with zero attached hydrogens (tertiary/aromatic N) is 4. The molecule has 0 saturated carbocycles. The van der Waals surface area contributed by atoms with E-state index in [-0.39, 0.29) is 28.4 Å². The number of hydrogen-bond donors (Lipinski definition) is 1. The number of fused-ring (bicyclic) bond motifs is 3. The summed E-state index contributed by atoms with van der Waals surface area (Å²) < 4.78 is 40.5. The topological polar surface area (TPSA) is 75.9 Å². The number of H-pyrrole nitrogens is 1. The number of aromatic nitrogens is 5. The Morgan fingerprint density at radius 3 is 2.73 bits per heavy atom. The number of hydrogen-bond acceptors (Lipinski definition) is 4. The quantitative estimate of drug-likeness (QED) is 0.551. The minimum Gasteiger partial charge on any atom is -0.348 e. The molecule has 0 aliphatic rings. The lowest BCUT2D eigenvalue weighted by Gasteiger charge is -2.10. The van der Waals surface area contributed by atoms with Crippen LogP contribution in [0.5, 0.6) is 0 Å². The van der Waals surface area contributed by atoms with Gasteiger partial charge < -0.3 is 4.98 Å². The Balaban J connectivity index is 2.04. The van der Waals surface area contributed by atoms with Gasteiger partial charge in [-0.05, 0) is 18.2 Å². The Morgan fingerprint density at radius 2 is 2.08 bits per heavy atom. The number of aromatic amines is 1. The zero-order valence-corrected chi connectivity index (χ0v) is 13.6. The van der Waals surface area contributed by atoms with Gasteiger partial charge >= 0.3 is 6.18 Å². The van der Waals surface area contributed by atoms with Crippen LogP contribution >= 0.6 is 11.6 Å². The molecule has 0 aliphatic carbocycles. The lowest BCUT2D eigenvalue weighted by atomic mass is 10.1. The number of benzene rings is 1. The van der Waals surface area contributed by atoms with Crippen molar-refractivity contribution in [3.63, 3.8) is 0 Å². The van der Waals surface area contributed by atoms with Crippen molar-refractivity contribution in [3.8, 4) is 0 Å². The predicted octanol–water partition coefficient (Wildman–Crippen LogP) is 3.68. The number of imidazole rings is 2. The molecule has 0 bridgehead atoms. The third-order valence-electron chi connectivity index (χ3n) is 3.95. The molecule has 0 radical (unpaired) electrons. The van der Waals surface area contributed by atoms with E-state index in [1.807, 2.05) is 0 Å². The molecule has 4 rings (SSSR count). The van der Waals surface area contributed by atoms with E-state index in [1.165, 1.54) is 10.5 Å². The first-order valence-electron chi connectivity index (χ1n) is 7.39. The highest BCUT2D eigenvalue weighted by Crippen LogP contribution is 2.32. The van der Waals surface area contributed by atoms with Gasteiger partial charge in [-0.3, -0.25) is 9.20 Å². The van der Waals surface area contributed by atoms with Crippen molar-refractivity contribution >= 4 is 34.6 Å². The molecule has 10 heteroatoms. The van der Waals surface area contributed by atoms with Gasteiger partial charge in [-0.25, -0.2) is 15.0 Å². The van der Waals surface area contributed by atoms with Crippen molar-refractivity contribution in [2.75, 3.05) is 0 Å². The summed E-state index contributed by atoms with van der Waals surface area (Å²) in [6, 6.07) is 3.16. The molecule has 3 aromatic heterocycles. The van der Waals surface area contributed by atoms with E-state index in [2.05, 4.69) is 19.9 Å². The van der Waals surface area contributed by atoms with Crippen LogP contribution in [0.2, 0.25) is 5.15 Å². The summed E-state index contributed by atoms with van der Waals surface area (Å²) in [5.74, 6) is 0.572. The number of carbonyl (C=O) groups is 1. The fraction of sp³-hybridized carbons (Fsp3) is 0.125. The zero-order valence-electron chi connectivity index (χ0n) is 12.9. The first-order valence-corrected chi connectivity index (χ1v) is 7.77. The van der Waals surface area contributed by atoms with Crippen LogP contribution in [0.1, 0.15) is 27.6 Å². The summed E-state index contributed by atoms with van der Waals surface area (Å²) >= 11 is 6.11. The number of rotatable bonds is 3. The van der Waals surface area contributed by atoms with Gasteiger partial charge in [0.1, 0.15) is 11.5 Å². The molecule has 4 aromatic rings. The highest BCUT2D eigenvalue weighted by atomic mass is 35.5. The number of nitrogens with one attached hydrogen (secondary N) is 1. The third-order valence-corrected chi connectivity index (χ3v) is 4.21. The summed E-state index contributed by atoms with van der Waals surface area (Å²) in [7, 11) is 0. The number of aldehydes is 1. The van der Waals surface area contributed by atoms with Crippen LogP contribution in [0.3, 0.4) is 0 Å². The van der Waals surface area contributed by atoms with Gasteiger partial charge in [0.25, 0.3) is 0 Å². The maximum Gasteiger partial charge on any atom is 0.416 e. The number of alkyl halides is 3. The van der Waals surface area contributed by atoms with E-state index in [1.54, 1.807) is 12.4 Å². The normalized spacial score (nSPS) is 12.2. The largest absolute Gasteiger partial charge is 0.416 e. The molecule has 0 saturated heterocycles. The number of halogens is 4. The van der Waals surface area contributed by atoms with Gasteiger partial charge in [0.05, 0.1) is 22.3 Å². The van der Waals surface area contributed by atoms with Crippen molar-refractivity contribution < 1.29 is 18.0 Å². The van der Waals surface area contributed by atoms with Crippen LogP contribution < -0.4 is 0 Å². The van der Waals surface area contributed by atoms with Crippen molar-refractivity contribution in [2.24, 2.45) is 0 Å². The van der Waals surface area contributed by atoms with E-state index in [4.69, 9.17) is 11.6 Å². The van der Waals surface area contributed by atoms with Crippen molar-refractivity contribution in [1.82, 2.24) is 24.3 Å².